The summed E-state index contributed by atoms with van der Waals surface area (Å²) in [5.41, 5.74) is 6.40. The van der Waals surface area contributed by atoms with Crippen molar-refractivity contribution in [2.24, 2.45) is 0 Å². The van der Waals surface area contributed by atoms with Gasteiger partial charge in [-0.1, -0.05) is 80.3 Å². The molecular formula is C30H32N2O2. The molecule has 34 heavy (non-hydrogen) atoms. The molecule has 0 aliphatic carbocycles. The van der Waals surface area contributed by atoms with Crippen LogP contribution < -0.4 is 5.32 Å². The van der Waals surface area contributed by atoms with Crippen LogP contribution in [0.3, 0.4) is 0 Å². The van der Waals surface area contributed by atoms with Crippen molar-refractivity contribution < 1.29 is 9.90 Å². The van der Waals surface area contributed by atoms with Crippen LogP contribution in [-0.2, 0) is 0 Å². The predicted octanol–water partition coefficient (Wildman–Crippen LogP) is 7.47. The first-order valence-corrected chi connectivity index (χ1v) is 11.4. The second-order valence-electron chi connectivity index (χ2n) is 8.29. The minimum atomic E-state index is -0.173. The molecule has 0 heterocycles. The molecule has 3 aromatic rings. The van der Waals surface area contributed by atoms with Crippen LogP contribution in [0.25, 0.3) is 16.8 Å². The van der Waals surface area contributed by atoms with E-state index in [0.717, 1.165) is 34.4 Å². The Morgan fingerprint density at radius 3 is 2.32 bits per heavy atom. The molecule has 0 saturated carbocycles. The third-order valence-corrected chi connectivity index (χ3v) is 5.56. The van der Waals surface area contributed by atoms with Crippen molar-refractivity contribution in [2.45, 2.75) is 27.2 Å². The maximum absolute atomic E-state index is 13.2. The molecule has 4 heteroatoms. The zero-order valence-electron chi connectivity index (χ0n) is 20.1. The van der Waals surface area contributed by atoms with Crippen molar-refractivity contribution >= 4 is 17.3 Å². The van der Waals surface area contributed by atoms with E-state index < -0.39 is 0 Å². The van der Waals surface area contributed by atoms with Gasteiger partial charge in [-0.2, -0.15) is 0 Å². The molecule has 3 rings (SSSR count). The fourth-order valence-corrected chi connectivity index (χ4v) is 3.91. The first-order valence-electron chi connectivity index (χ1n) is 11.4. The quantitative estimate of drug-likeness (QED) is 0.261. The van der Waals surface area contributed by atoms with Gasteiger partial charge in [-0.25, -0.2) is 0 Å². The number of amides is 1. The first-order chi connectivity index (χ1) is 16.4. The minimum absolute atomic E-state index is 0.0157. The van der Waals surface area contributed by atoms with E-state index in [0.29, 0.717) is 23.5 Å². The lowest BCUT2D eigenvalue weighted by atomic mass is 9.98. The van der Waals surface area contributed by atoms with Crippen molar-refractivity contribution in [1.82, 2.24) is 4.90 Å². The Morgan fingerprint density at radius 2 is 1.71 bits per heavy atom. The van der Waals surface area contributed by atoms with Gasteiger partial charge < -0.3 is 15.3 Å². The third-order valence-electron chi connectivity index (χ3n) is 5.56. The van der Waals surface area contributed by atoms with Gasteiger partial charge in [-0.15, -0.1) is 0 Å². The highest BCUT2D eigenvalue weighted by molar-refractivity contribution is 5.97. The van der Waals surface area contributed by atoms with Crippen molar-refractivity contribution in [2.75, 3.05) is 11.9 Å². The average molecular weight is 453 g/mol. The number of nitrogens with zero attached hydrogens (tertiary/aromatic N) is 1. The lowest BCUT2D eigenvalue weighted by Crippen LogP contribution is -2.31. The SMILES string of the molecule is C=CC(=C(C)C)N(CCC)C(=O)c1ccc(NC(=C)c2ccccc2-c2ccccc2)c(O)c1. The summed E-state index contributed by atoms with van der Waals surface area (Å²) in [6.07, 6.45) is 2.51. The van der Waals surface area contributed by atoms with E-state index in [1.54, 1.807) is 23.1 Å². The number of hydrogen-bond acceptors (Lipinski definition) is 3. The van der Waals surface area contributed by atoms with E-state index in [1.165, 1.54) is 6.07 Å². The molecule has 0 bridgehead atoms. The molecule has 1 amide bonds. The molecular weight excluding hydrogens is 420 g/mol. The summed E-state index contributed by atoms with van der Waals surface area (Å²) in [6, 6.07) is 23.0. The monoisotopic (exact) mass is 452 g/mol. The van der Waals surface area contributed by atoms with E-state index in [9.17, 15) is 9.90 Å². The molecule has 0 spiro atoms. The summed E-state index contributed by atoms with van der Waals surface area (Å²) in [4.78, 5) is 15.0. The summed E-state index contributed by atoms with van der Waals surface area (Å²) in [5.74, 6) is -0.189. The summed E-state index contributed by atoms with van der Waals surface area (Å²) < 4.78 is 0. The number of rotatable bonds is 9. The highest BCUT2D eigenvalue weighted by Gasteiger charge is 2.20. The van der Waals surface area contributed by atoms with Crippen molar-refractivity contribution in [1.29, 1.82) is 0 Å². The maximum Gasteiger partial charge on any atom is 0.258 e. The zero-order valence-corrected chi connectivity index (χ0v) is 20.1. The number of benzene rings is 3. The van der Waals surface area contributed by atoms with Crippen LogP contribution in [0.5, 0.6) is 5.75 Å². The Kier molecular flexibility index (Phi) is 8.10. The number of allylic oxidation sites excluding steroid dienone is 2. The van der Waals surface area contributed by atoms with Gasteiger partial charge >= 0.3 is 0 Å². The van der Waals surface area contributed by atoms with Crippen LogP contribution in [-0.4, -0.2) is 22.5 Å². The number of nitrogens with one attached hydrogen (secondary N) is 1. The molecule has 0 radical (unpaired) electrons. The second-order valence-corrected chi connectivity index (χ2v) is 8.29. The summed E-state index contributed by atoms with van der Waals surface area (Å²) in [5, 5.41) is 13.9. The van der Waals surface area contributed by atoms with Gasteiger partial charge in [-0.05, 0) is 55.7 Å². The number of phenols is 1. The first kappa shape index (κ1) is 24.6. The summed E-state index contributed by atoms with van der Waals surface area (Å²) in [7, 11) is 0. The predicted molar refractivity (Wildman–Crippen MR) is 143 cm³/mol. The smallest absolute Gasteiger partial charge is 0.258 e. The highest BCUT2D eigenvalue weighted by Crippen LogP contribution is 2.32. The Balaban J connectivity index is 1.87. The van der Waals surface area contributed by atoms with Crippen LogP contribution >= 0.6 is 0 Å². The fraction of sp³-hybridized carbons (Fsp3) is 0.167. The van der Waals surface area contributed by atoms with E-state index in [-0.39, 0.29) is 11.7 Å². The van der Waals surface area contributed by atoms with Crippen molar-refractivity contribution in [3.63, 3.8) is 0 Å². The van der Waals surface area contributed by atoms with Gasteiger partial charge in [-0.3, -0.25) is 4.79 Å². The Morgan fingerprint density at radius 1 is 1.03 bits per heavy atom. The maximum atomic E-state index is 13.2. The van der Waals surface area contributed by atoms with E-state index in [2.05, 4.69) is 30.6 Å². The number of hydrogen-bond donors (Lipinski definition) is 2. The second kappa shape index (κ2) is 11.2. The Hall–Kier alpha value is -4.05. The summed E-state index contributed by atoms with van der Waals surface area (Å²) >= 11 is 0. The molecule has 3 aromatic carbocycles. The third kappa shape index (κ3) is 5.46. The normalized spacial score (nSPS) is 10.3. The number of anilines is 1. The van der Waals surface area contributed by atoms with Crippen LogP contribution in [0, 0.1) is 0 Å². The summed E-state index contributed by atoms with van der Waals surface area (Å²) in [6.45, 7) is 14.6. The molecule has 0 aliphatic rings. The minimum Gasteiger partial charge on any atom is -0.506 e. The number of carbonyl (C=O) groups excluding carboxylic acids is 1. The van der Waals surface area contributed by atoms with Crippen LogP contribution in [0.1, 0.15) is 43.1 Å². The molecule has 174 valence electrons. The van der Waals surface area contributed by atoms with Gasteiger partial charge in [0.1, 0.15) is 5.75 Å². The van der Waals surface area contributed by atoms with Crippen molar-refractivity contribution in [3.05, 3.63) is 114 Å². The van der Waals surface area contributed by atoms with Gasteiger partial charge in [0.2, 0.25) is 0 Å². The van der Waals surface area contributed by atoms with Crippen LogP contribution in [0.4, 0.5) is 5.69 Å². The van der Waals surface area contributed by atoms with Gasteiger partial charge in [0, 0.05) is 29.1 Å². The number of carbonyl (C=O) groups is 1. The van der Waals surface area contributed by atoms with E-state index in [1.807, 2.05) is 63.2 Å². The van der Waals surface area contributed by atoms with Crippen molar-refractivity contribution in [3.8, 4) is 16.9 Å². The van der Waals surface area contributed by atoms with E-state index >= 15 is 0 Å². The number of phenolic OH excluding ortho intramolecular Hbond substituents is 1. The van der Waals surface area contributed by atoms with Gasteiger partial charge in [0.15, 0.2) is 0 Å². The van der Waals surface area contributed by atoms with Gasteiger partial charge in [0.25, 0.3) is 5.91 Å². The lowest BCUT2D eigenvalue weighted by Gasteiger charge is -2.25. The molecule has 2 N–H and O–H groups in total. The topological polar surface area (TPSA) is 52.6 Å². The van der Waals surface area contributed by atoms with Gasteiger partial charge in [0.05, 0.1) is 5.69 Å². The largest absolute Gasteiger partial charge is 0.506 e. The average Bonchev–Trinajstić information content (AvgIpc) is 2.85. The molecule has 0 atom stereocenters. The Labute approximate surface area is 202 Å². The molecule has 0 saturated heterocycles. The molecule has 0 unspecified atom stereocenters. The standard InChI is InChI=1S/C30H32N2O2/c1-6-19-32(28(7-2)21(3)4)30(34)24-17-18-27(29(33)20-24)31-22(5)25-15-11-12-16-26(25)23-13-9-8-10-14-23/h7-18,20,31,33H,2,5-6,19H2,1,3-4H3. The molecule has 0 aliphatic heterocycles. The number of aromatic hydroxyl groups is 1. The zero-order chi connectivity index (χ0) is 24.7. The molecule has 0 fully saturated rings. The molecule has 4 nitrogen and oxygen atoms in total. The fourth-order valence-electron chi connectivity index (χ4n) is 3.91. The Bertz CT molecular complexity index is 1220. The van der Waals surface area contributed by atoms with E-state index in [4.69, 9.17) is 0 Å². The highest BCUT2D eigenvalue weighted by atomic mass is 16.3. The lowest BCUT2D eigenvalue weighted by molar-refractivity contribution is 0.0809. The van der Waals surface area contributed by atoms with Crippen LogP contribution in [0.2, 0.25) is 0 Å². The van der Waals surface area contributed by atoms with Crippen LogP contribution in [0.15, 0.2) is 103 Å². The molecule has 0 aromatic heterocycles.